The van der Waals surface area contributed by atoms with Crippen LogP contribution in [0.3, 0.4) is 0 Å². The molecular weight excluding hydrogens is 362 g/mol. The first-order valence-corrected chi connectivity index (χ1v) is 10.5. The van der Waals surface area contributed by atoms with Crippen LogP contribution >= 0.6 is 0 Å². The van der Waals surface area contributed by atoms with Gasteiger partial charge in [-0.05, 0) is 47.7 Å². The molecule has 0 atom stereocenters. The Kier molecular flexibility index (Phi) is 9.84. The molecule has 0 bridgehead atoms. The second-order valence-corrected chi connectivity index (χ2v) is 7.32. The van der Waals surface area contributed by atoms with Gasteiger partial charge < -0.3 is 15.2 Å². The van der Waals surface area contributed by atoms with Gasteiger partial charge in [0.2, 0.25) is 5.91 Å². The molecule has 0 radical (unpaired) electrons. The lowest BCUT2D eigenvalue weighted by Crippen LogP contribution is -2.20. The monoisotopic (exact) mass is 395 g/mol. The zero-order chi connectivity index (χ0) is 20.9. The molecule has 0 heterocycles. The van der Waals surface area contributed by atoms with Crippen molar-refractivity contribution < 1.29 is 14.6 Å². The number of amides is 1. The van der Waals surface area contributed by atoms with Gasteiger partial charge in [-0.3, -0.25) is 4.79 Å². The Morgan fingerprint density at radius 1 is 1.00 bits per heavy atom. The predicted octanol–water partition coefficient (Wildman–Crippen LogP) is 5.63. The summed E-state index contributed by atoms with van der Waals surface area (Å²) in [4.78, 5) is 12.0. The number of carbonyl (C=O) groups excluding carboxylic acids is 1. The summed E-state index contributed by atoms with van der Waals surface area (Å²) in [5.41, 5.74) is 3.22. The molecule has 0 aliphatic carbocycles. The van der Waals surface area contributed by atoms with Gasteiger partial charge in [0.05, 0.1) is 7.11 Å². The molecule has 0 aliphatic heterocycles. The van der Waals surface area contributed by atoms with Gasteiger partial charge >= 0.3 is 0 Å². The summed E-state index contributed by atoms with van der Waals surface area (Å²) in [6, 6.07) is 13.4. The normalized spacial score (nSPS) is 11.0. The number of aromatic hydroxyl groups is 1. The third-order valence-electron chi connectivity index (χ3n) is 4.94. The summed E-state index contributed by atoms with van der Waals surface area (Å²) in [7, 11) is 1.50. The minimum atomic E-state index is -0.159. The number of hydrogen-bond acceptors (Lipinski definition) is 3. The van der Waals surface area contributed by atoms with Gasteiger partial charge in [0.1, 0.15) is 0 Å². The Bertz CT molecular complexity index is 781. The number of phenols is 1. The zero-order valence-corrected chi connectivity index (χ0v) is 17.6. The van der Waals surface area contributed by atoms with E-state index < -0.39 is 0 Å². The number of nitrogens with one attached hydrogen (secondary N) is 1. The Morgan fingerprint density at radius 2 is 1.69 bits per heavy atom. The van der Waals surface area contributed by atoms with Crippen LogP contribution in [0.25, 0.3) is 6.08 Å². The van der Waals surface area contributed by atoms with Crippen molar-refractivity contribution in [2.75, 3.05) is 7.11 Å². The molecule has 0 fully saturated rings. The molecule has 0 saturated heterocycles. The molecule has 0 unspecified atom stereocenters. The van der Waals surface area contributed by atoms with Gasteiger partial charge in [0, 0.05) is 12.6 Å². The summed E-state index contributed by atoms with van der Waals surface area (Å²) in [5.74, 6) is 0.323. The van der Waals surface area contributed by atoms with Crippen molar-refractivity contribution in [3.63, 3.8) is 0 Å². The van der Waals surface area contributed by atoms with Gasteiger partial charge in [0.15, 0.2) is 11.5 Å². The second-order valence-electron chi connectivity index (χ2n) is 7.32. The first kappa shape index (κ1) is 22.5. The number of carbonyl (C=O) groups is 1. The SMILES string of the molecule is CCCCCCCCc1ccc(/C=C/C(=O)NCc2ccc(O)c(OC)c2)cc1. The lowest BCUT2D eigenvalue weighted by Gasteiger charge is -2.07. The van der Waals surface area contributed by atoms with Crippen molar-refractivity contribution in [2.24, 2.45) is 0 Å². The molecule has 4 heteroatoms. The fourth-order valence-corrected chi connectivity index (χ4v) is 3.16. The maximum atomic E-state index is 12.0. The Hall–Kier alpha value is -2.75. The number of benzene rings is 2. The number of rotatable bonds is 12. The molecular formula is C25H33NO3. The minimum absolute atomic E-state index is 0.0856. The largest absolute Gasteiger partial charge is 0.504 e. The highest BCUT2D eigenvalue weighted by Crippen LogP contribution is 2.26. The van der Waals surface area contributed by atoms with E-state index in [1.165, 1.54) is 51.2 Å². The number of hydrogen-bond donors (Lipinski definition) is 2. The van der Waals surface area contributed by atoms with E-state index in [9.17, 15) is 9.90 Å². The van der Waals surface area contributed by atoms with E-state index >= 15 is 0 Å². The molecule has 1 amide bonds. The van der Waals surface area contributed by atoms with Crippen LogP contribution in [0.1, 0.15) is 62.1 Å². The van der Waals surface area contributed by atoms with Gasteiger partial charge in [-0.1, -0.05) is 69.4 Å². The molecule has 2 aromatic rings. The number of phenolic OH excluding ortho intramolecular Hbond substituents is 1. The van der Waals surface area contributed by atoms with Crippen LogP contribution in [0, 0.1) is 0 Å². The van der Waals surface area contributed by atoms with Crippen molar-refractivity contribution in [3.05, 3.63) is 65.2 Å². The molecule has 156 valence electrons. The van der Waals surface area contributed by atoms with E-state index in [4.69, 9.17) is 4.74 Å². The Balaban J connectivity index is 1.74. The lowest BCUT2D eigenvalue weighted by atomic mass is 10.0. The maximum absolute atomic E-state index is 12.0. The molecule has 0 saturated carbocycles. The summed E-state index contributed by atoms with van der Waals surface area (Å²) in [6.07, 6.45) is 12.3. The fraction of sp³-hybridized carbons (Fsp3) is 0.400. The average molecular weight is 396 g/mol. The van der Waals surface area contributed by atoms with Crippen molar-refractivity contribution in [3.8, 4) is 11.5 Å². The van der Waals surface area contributed by atoms with Crippen LogP contribution in [0.4, 0.5) is 0 Å². The molecule has 4 nitrogen and oxygen atoms in total. The fourth-order valence-electron chi connectivity index (χ4n) is 3.16. The molecule has 2 aromatic carbocycles. The molecule has 2 N–H and O–H groups in total. The van der Waals surface area contributed by atoms with Crippen LogP contribution in [-0.2, 0) is 17.8 Å². The predicted molar refractivity (Wildman–Crippen MR) is 119 cm³/mol. The summed E-state index contributed by atoms with van der Waals surface area (Å²) < 4.78 is 5.08. The first-order valence-electron chi connectivity index (χ1n) is 10.5. The van der Waals surface area contributed by atoms with Gasteiger partial charge in [-0.15, -0.1) is 0 Å². The second kappa shape index (κ2) is 12.7. The number of methoxy groups -OCH3 is 1. The van der Waals surface area contributed by atoms with E-state index in [1.807, 2.05) is 6.08 Å². The topological polar surface area (TPSA) is 58.6 Å². The van der Waals surface area contributed by atoms with Crippen LogP contribution in [0.15, 0.2) is 48.5 Å². The quantitative estimate of drug-likeness (QED) is 0.361. The highest BCUT2D eigenvalue weighted by Gasteiger charge is 2.03. The summed E-state index contributed by atoms with van der Waals surface area (Å²) >= 11 is 0. The van der Waals surface area contributed by atoms with Crippen molar-refractivity contribution in [1.82, 2.24) is 5.32 Å². The number of unbranched alkanes of at least 4 members (excludes halogenated alkanes) is 5. The molecule has 0 aliphatic rings. The molecule has 29 heavy (non-hydrogen) atoms. The Morgan fingerprint density at radius 3 is 2.41 bits per heavy atom. The van der Waals surface area contributed by atoms with E-state index in [-0.39, 0.29) is 11.7 Å². The van der Waals surface area contributed by atoms with Crippen molar-refractivity contribution >= 4 is 12.0 Å². The van der Waals surface area contributed by atoms with E-state index in [2.05, 4.69) is 36.5 Å². The highest BCUT2D eigenvalue weighted by molar-refractivity contribution is 5.91. The van der Waals surface area contributed by atoms with Gasteiger partial charge in [0.25, 0.3) is 0 Å². The van der Waals surface area contributed by atoms with Crippen molar-refractivity contribution in [2.45, 2.75) is 58.4 Å². The summed E-state index contributed by atoms with van der Waals surface area (Å²) in [6.45, 7) is 2.61. The highest BCUT2D eigenvalue weighted by atomic mass is 16.5. The molecule has 2 rings (SSSR count). The third kappa shape index (κ3) is 8.43. The lowest BCUT2D eigenvalue weighted by molar-refractivity contribution is -0.116. The van der Waals surface area contributed by atoms with E-state index in [0.29, 0.717) is 12.3 Å². The average Bonchev–Trinajstić information content (AvgIpc) is 2.75. The van der Waals surface area contributed by atoms with Crippen molar-refractivity contribution in [1.29, 1.82) is 0 Å². The van der Waals surface area contributed by atoms with Crippen LogP contribution < -0.4 is 10.1 Å². The Labute approximate surface area is 174 Å². The maximum Gasteiger partial charge on any atom is 0.244 e. The summed E-state index contributed by atoms with van der Waals surface area (Å²) in [5, 5.41) is 12.4. The van der Waals surface area contributed by atoms with Crippen LogP contribution in [0.5, 0.6) is 11.5 Å². The van der Waals surface area contributed by atoms with Crippen LogP contribution in [-0.4, -0.2) is 18.1 Å². The van der Waals surface area contributed by atoms with E-state index in [1.54, 1.807) is 24.3 Å². The number of aryl methyl sites for hydroxylation is 1. The number of ether oxygens (including phenoxy) is 1. The smallest absolute Gasteiger partial charge is 0.244 e. The first-order chi connectivity index (χ1) is 14.1. The van der Waals surface area contributed by atoms with E-state index in [0.717, 1.165) is 17.5 Å². The van der Waals surface area contributed by atoms with Gasteiger partial charge in [-0.25, -0.2) is 0 Å². The standard InChI is InChI=1S/C25H33NO3/c1-3-4-5-6-7-8-9-20-10-12-21(13-11-20)15-17-25(28)26-19-22-14-16-23(27)24(18-22)29-2/h10-18,27H,3-9,19H2,1-2H3,(H,26,28)/b17-15+. The zero-order valence-electron chi connectivity index (χ0n) is 17.6. The molecule has 0 spiro atoms. The molecule has 0 aromatic heterocycles. The van der Waals surface area contributed by atoms with Gasteiger partial charge in [-0.2, -0.15) is 0 Å². The van der Waals surface area contributed by atoms with Crippen LogP contribution in [0.2, 0.25) is 0 Å². The minimum Gasteiger partial charge on any atom is -0.504 e. The third-order valence-corrected chi connectivity index (χ3v) is 4.94.